The minimum atomic E-state index is -0.624. The third-order valence-corrected chi connectivity index (χ3v) is 6.33. The largest absolute Gasteiger partial charge is 0.465 e. The molecule has 1 amide bonds. The molecule has 8 nitrogen and oxygen atoms in total. The van der Waals surface area contributed by atoms with E-state index in [0.717, 1.165) is 21.8 Å². The Morgan fingerprint density at radius 2 is 1.63 bits per heavy atom. The average Bonchev–Trinajstić information content (AvgIpc) is 3.24. The van der Waals surface area contributed by atoms with Crippen molar-refractivity contribution in [1.29, 1.82) is 0 Å². The number of anilines is 1. The van der Waals surface area contributed by atoms with Crippen LogP contribution in [0.3, 0.4) is 0 Å². The first kappa shape index (κ1) is 24.0. The van der Waals surface area contributed by atoms with Gasteiger partial charge in [-0.2, -0.15) is 0 Å². The van der Waals surface area contributed by atoms with Gasteiger partial charge in [-0.3, -0.25) is 4.79 Å². The number of benzene rings is 3. The number of hydrogen-bond acceptors (Lipinski definition) is 6. The number of carbonyl (C=O) groups is 3. The van der Waals surface area contributed by atoms with Crippen molar-refractivity contribution < 1.29 is 28.4 Å². The molecule has 3 aromatic carbocycles. The molecule has 0 atom stereocenters. The molecule has 0 bridgehead atoms. The maximum Gasteiger partial charge on any atom is 0.339 e. The predicted octanol–water partition coefficient (Wildman–Crippen LogP) is 3.81. The molecular formula is C26H24N3O5S+. The fraction of sp³-hybridized carbons (Fsp3) is 0.154. The Labute approximate surface area is 206 Å². The molecule has 0 fully saturated rings. The maximum atomic E-state index is 12.9. The lowest BCUT2D eigenvalue weighted by molar-refractivity contribution is -0.700. The molecule has 0 spiro atoms. The molecule has 4 rings (SSSR count). The lowest BCUT2D eigenvalue weighted by atomic mass is 10.1. The molecule has 1 heterocycles. The Bertz CT molecular complexity index is 1380. The van der Waals surface area contributed by atoms with Crippen molar-refractivity contribution in [2.24, 2.45) is 0 Å². The van der Waals surface area contributed by atoms with Crippen molar-refractivity contribution in [2.75, 3.05) is 25.3 Å². The second kappa shape index (κ2) is 10.9. The molecule has 0 saturated carbocycles. The summed E-state index contributed by atoms with van der Waals surface area (Å²) in [4.78, 5) is 40.3. The number of nitrogens with one attached hydrogen (secondary N) is 2. The number of aromatic nitrogens is 2. The van der Waals surface area contributed by atoms with Gasteiger partial charge in [0.25, 0.3) is 0 Å². The Hall–Kier alpha value is -4.11. The molecule has 35 heavy (non-hydrogen) atoms. The number of para-hydroxylation sites is 2. The number of carbonyl (C=O) groups excluding carboxylic acids is 3. The smallest absolute Gasteiger partial charge is 0.339 e. The monoisotopic (exact) mass is 490 g/mol. The fourth-order valence-electron chi connectivity index (χ4n) is 3.64. The summed E-state index contributed by atoms with van der Waals surface area (Å²) < 4.78 is 11.7. The van der Waals surface area contributed by atoms with Crippen LogP contribution in [0, 0.1) is 0 Å². The van der Waals surface area contributed by atoms with Crippen molar-refractivity contribution in [1.82, 2.24) is 4.98 Å². The number of imidazole rings is 1. The quantitative estimate of drug-likeness (QED) is 0.221. The molecule has 0 aliphatic heterocycles. The molecule has 0 radical (unpaired) electrons. The standard InChI is InChI=1S/C26H23N3O5S/c1-33-24(31)18-12-13-19(25(32)34-2)21(14-18)27-23(30)16-35-26-28-20-10-6-7-11-22(20)29(26)15-17-8-4-3-5-9-17/h3-14H,15-16H2,1-2H3,(H,27,30,32)/p+1. The van der Waals surface area contributed by atoms with Gasteiger partial charge < -0.3 is 14.8 Å². The number of hydrogen-bond donors (Lipinski definition) is 2. The van der Waals surface area contributed by atoms with Crippen LogP contribution in [-0.2, 0) is 20.8 Å². The number of aromatic amines is 1. The van der Waals surface area contributed by atoms with E-state index in [1.165, 1.54) is 44.2 Å². The minimum absolute atomic E-state index is 0.0741. The molecule has 178 valence electrons. The zero-order chi connectivity index (χ0) is 24.8. The van der Waals surface area contributed by atoms with Crippen LogP contribution < -0.4 is 9.88 Å². The van der Waals surface area contributed by atoms with Gasteiger partial charge in [0.15, 0.2) is 11.0 Å². The van der Waals surface area contributed by atoms with Gasteiger partial charge in [0, 0.05) is 0 Å². The lowest BCUT2D eigenvalue weighted by Crippen LogP contribution is -2.36. The van der Waals surface area contributed by atoms with E-state index < -0.39 is 11.9 Å². The van der Waals surface area contributed by atoms with Crippen LogP contribution in [-0.4, -0.2) is 42.8 Å². The Balaban J connectivity index is 1.55. The van der Waals surface area contributed by atoms with Crippen LogP contribution in [0.25, 0.3) is 11.0 Å². The highest BCUT2D eigenvalue weighted by molar-refractivity contribution is 7.99. The van der Waals surface area contributed by atoms with E-state index >= 15 is 0 Å². The Morgan fingerprint density at radius 1 is 0.914 bits per heavy atom. The van der Waals surface area contributed by atoms with Gasteiger partial charge in [-0.25, -0.2) is 19.1 Å². The number of thioether (sulfide) groups is 1. The molecular weight excluding hydrogens is 466 g/mol. The Kier molecular flexibility index (Phi) is 7.47. The number of esters is 2. The van der Waals surface area contributed by atoms with E-state index in [1.54, 1.807) is 0 Å². The summed E-state index contributed by atoms with van der Waals surface area (Å²) in [6.07, 6.45) is 0. The van der Waals surface area contributed by atoms with E-state index in [1.807, 2.05) is 42.5 Å². The van der Waals surface area contributed by atoms with Gasteiger partial charge in [0.05, 0.1) is 36.8 Å². The zero-order valence-corrected chi connectivity index (χ0v) is 20.1. The van der Waals surface area contributed by atoms with Crippen molar-refractivity contribution in [2.45, 2.75) is 11.7 Å². The highest BCUT2D eigenvalue weighted by Crippen LogP contribution is 2.22. The average molecular weight is 491 g/mol. The topological polar surface area (TPSA) is 101 Å². The normalized spacial score (nSPS) is 10.7. The van der Waals surface area contributed by atoms with Crippen LogP contribution in [0.5, 0.6) is 0 Å². The molecule has 0 aliphatic rings. The van der Waals surface area contributed by atoms with Gasteiger partial charge in [-0.05, 0) is 47.7 Å². The van der Waals surface area contributed by atoms with Crippen LogP contribution in [0.2, 0.25) is 0 Å². The van der Waals surface area contributed by atoms with Gasteiger partial charge in [0.2, 0.25) is 5.91 Å². The molecule has 9 heteroatoms. The number of amides is 1. The van der Waals surface area contributed by atoms with E-state index in [-0.39, 0.29) is 28.5 Å². The van der Waals surface area contributed by atoms with E-state index in [0.29, 0.717) is 6.54 Å². The van der Waals surface area contributed by atoms with E-state index in [2.05, 4.69) is 27.0 Å². The molecule has 0 unspecified atom stereocenters. The van der Waals surface area contributed by atoms with Gasteiger partial charge in [0.1, 0.15) is 6.54 Å². The number of ether oxygens (including phenoxy) is 2. The predicted molar refractivity (Wildman–Crippen MR) is 133 cm³/mol. The van der Waals surface area contributed by atoms with Gasteiger partial charge >= 0.3 is 17.1 Å². The fourth-order valence-corrected chi connectivity index (χ4v) is 4.49. The van der Waals surface area contributed by atoms with Crippen LogP contribution in [0.1, 0.15) is 26.3 Å². The summed E-state index contributed by atoms with van der Waals surface area (Å²) >= 11 is 1.34. The first-order valence-electron chi connectivity index (χ1n) is 10.8. The SMILES string of the molecule is COC(=O)c1ccc(C(=O)OC)c(NC(=O)CSc2[nH]c3ccccc3[n+]2Cc2ccccc2)c1. The highest BCUT2D eigenvalue weighted by atomic mass is 32.2. The zero-order valence-electron chi connectivity index (χ0n) is 19.2. The first-order valence-corrected chi connectivity index (χ1v) is 11.8. The summed E-state index contributed by atoms with van der Waals surface area (Å²) in [7, 11) is 2.51. The summed E-state index contributed by atoms with van der Waals surface area (Å²) in [5.41, 5.74) is 3.65. The van der Waals surface area contributed by atoms with E-state index in [9.17, 15) is 14.4 Å². The highest BCUT2D eigenvalue weighted by Gasteiger charge is 2.22. The molecule has 0 aliphatic carbocycles. The summed E-state index contributed by atoms with van der Waals surface area (Å²) in [6, 6.07) is 22.3. The molecule has 1 aromatic heterocycles. The van der Waals surface area contributed by atoms with E-state index in [4.69, 9.17) is 9.47 Å². The number of fused-ring (bicyclic) bond motifs is 1. The maximum absolute atomic E-state index is 12.9. The Morgan fingerprint density at radius 3 is 2.37 bits per heavy atom. The lowest BCUT2D eigenvalue weighted by Gasteiger charge is -2.11. The van der Waals surface area contributed by atoms with Gasteiger partial charge in [-0.15, -0.1) is 0 Å². The van der Waals surface area contributed by atoms with Crippen molar-refractivity contribution in [3.63, 3.8) is 0 Å². The van der Waals surface area contributed by atoms with Crippen molar-refractivity contribution in [3.05, 3.63) is 89.5 Å². The summed E-state index contributed by atoms with van der Waals surface area (Å²) in [5, 5.41) is 3.55. The molecule has 0 saturated heterocycles. The second-order valence-corrected chi connectivity index (χ2v) is 8.56. The first-order chi connectivity index (χ1) is 17.0. The summed E-state index contributed by atoms with van der Waals surface area (Å²) in [6.45, 7) is 0.641. The molecule has 2 N–H and O–H groups in total. The summed E-state index contributed by atoms with van der Waals surface area (Å²) in [5.74, 6) is -1.47. The van der Waals surface area contributed by atoms with Crippen molar-refractivity contribution >= 4 is 46.3 Å². The number of rotatable bonds is 8. The number of nitrogens with zero attached hydrogens (tertiary/aromatic N) is 1. The number of H-pyrrole nitrogens is 1. The van der Waals surface area contributed by atoms with Crippen LogP contribution in [0.15, 0.2) is 78.0 Å². The van der Waals surface area contributed by atoms with Crippen LogP contribution >= 0.6 is 11.8 Å². The minimum Gasteiger partial charge on any atom is -0.465 e. The third kappa shape index (κ3) is 5.52. The number of methoxy groups -OCH3 is 2. The molecule has 4 aromatic rings. The van der Waals surface area contributed by atoms with Gasteiger partial charge in [-0.1, -0.05) is 42.5 Å². The van der Waals surface area contributed by atoms with Crippen molar-refractivity contribution in [3.8, 4) is 0 Å². The third-order valence-electron chi connectivity index (χ3n) is 5.33. The van der Waals surface area contributed by atoms with Crippen LogP contribution in [0.4, 0.5) is 5.69 Å². The second-order valence-electron chi connectivity index (χ2n) is 7.60.